The van der Waals surface area contributed by atoms with Gasteiger partial charge in [-0.15, -0.1) is 0 Å². The third kappa shape index (κ3) is 1.68. The lowest BCUT2D eigenvalue weighted by atomic mass is 10.1. The van der Waals surface area contributed by atoms with E-state index in [1.54, 1.807) is 6.20 Å². The largest absolute Gasteiger partial charge is 0.376 e. The fourth-order valence-corrected chi connectivity index (χ4v) is 1.98. The zero-order valence-corrected chi connectivity index (χ0v) is 8.85. The first-order chi connectivity index (χ1) is 7.95. The van der Waals surface area contributed by atoms with Gasteiger partial charge in [0, 0.05) is 17.6 Å². The van der Waals surface area contributed by atoms with Crippen molar-refractivity contribution in [2.45, 2.75) is 6.10 Å². The first kappa shape index (κ1) is 9.75. The number of fused-ring (bicyclic) bond motifs is 1. The van der Waals surface area contributed by atoms with Gasteiger partial charge >= 0.3 is 0 Å². The molecule has 0 N–H and O–H groups in total. The lowest BCUT2D eigenvalue weighted by molar-refractivity contribution is -0.0911. The molecule has 1 saturated heterocycles. The van der Waals surface area contributed by atoms with Gasteiger partial charge in [0.2, 0.25) is 0 Å². The van der Waals surface area contributed by atoms with Crippen molar-refractivity contribution in [1.82, 2.24) is 4.98 Å². The number of hydrogen-bond acceptors (Lipinski definition) is 3. The van der Waals surface area contributed by atoms with Crippen LogP contribution in [-0.2, 0) is 9.47 Å². The highest BCUT2D eigenvalue weighted by Gasteiger charge is 2.19. The number of rotatable bonds is 1. The van der Waals surface area contributed by atoms with E-state index >= 15 is 0 Å². The van der Waals surface area contributed by atoms with Crippen molar-refractivity contribution in [2.75, 3.05) is 19.8 Å². The number of hydrogen-bond donors (Lipinski definition) is 0. The lowest BCUT2D eigenvalue weighted by Gasteiger charge is -2.23. The summed E-state index contributed by atoms with van der Waals surface area (Å²) in [5.74, 6) is 0. The SMILES string of the molecule is [c]1cnc(C2COCCO2)c2ccccc12. The zero-order chi connectivity index (χ0) is 10.8. The highest BCUT2D eigenvalue weighted by Crippen LogP contribution is 2.25. The molecule has 3 heteroatoms. The van der Waals surface area contributed by atoms with Crippen LogP contribution in [0, 0.1) is 6.07 Å². The average molecular weight is 214 g/mol. The van der Waals surface area contributed by atoms with Crippen LogP contribution in [0.4, 0.5) is 0 Å². The third-order valence-electron chi connectivity index (χ3n) is 2.75. The van der Waals surface area contributed by atoms with E-state index in [9.17, 15) is 0 Å². The molecular weight excluding hydrogens is 202 g/mol. The van der Waals surface area contributed by atoms with Gasteiger partial charge in [-0.2, -0.15) is 0 Å². The van der Waals surface area contributed by atoms with Gasteiger partial charge in [0.15, 0.2) is 0 Å². The van der Waals surface area contributed by atoms with Crippen LogP contribution >= 0.6 is 0 Å². The molecule has 2 aromatic rings. The Morgan fingerprint density at radius 3 is 3.06 bits per heavy atom. The van der Waals surface area contributed by atoms with E-state index in [0.29, 0.717) is 19.8 Å². The Balaban J connectivity index is 2.08. The zero-order valence-electron chi connectivity index (χ0n) is 8.85. The molecule has 3 rings (SSSR count). The predicted octanol–water partition coefficient (Wildman–Crippen LogP) is 2.12. The molecule has 1 aliphatic rings. The number of nitrogens with zero attached hydrogens (tertiary/aromatic N) is 1. The van der Waals surface area contributed by atoms with Crippen molar-refractivity contribution in [3.63, 3.8) is 0 Å². The Hall–Kier alpha value is -1.45. The summed E-state index contributed by atoms with van der Waals surface area (Å²) in [4.78, 5) is 4.37. The summed E-state index contributed by atoms with van der Waals surface area (Å²) in [6.45, 7) is 1.90. The van der Waals surface area contributed by atoms with Crippen LogP contribution in [0.1, 0.15) is 11.8 Å². The molecule has 81 valence electrons. The highest BCUT2D eigenvalue weighted by molar-refractivity contribution is 5.84. The van der Waals surface area contributed by atoms with Crippen LogP contribution in [0.3, 0.4) is 0 Å². The monoisotopic (exact) mass is 214 g/mol. The molecule has 1 unspecified atom stereocenters. The van der Waals surface area contributed by atoms with Crippen LogP contribution in [0.15, 0.2) is 30.5 Å². The summed E-state index contributed by atoms with van der Waals surface area (Å²) in [6.07, 6.45) is 1.66. The van der Waals surface area contributed by atoms with Gasteiger partial charge in [0.25, 0.3) is 0 Å². The number of ether oxygens (including phenoxy) is 2. The van der Waals surface area contributed by atoms with Crippen LogP contribution in [0.25, 0.3) is 10.8 Å². The Labute approximate surface area is 94.0 Å². The molecule has 3 nitrogen and oxygen atoms in total. The van der Waals surface area contributed by atoms with Gasteiger partial charge in [0.1, 0.15) is 6.10 Å². The second-order valence-electron chi connectivity index (χ2n) is 3.77. The summed E-state index contributed by atoms with van der Waals surface area (Å²) >= 11 is 0. The molecular formula is C13H12NO2. The van der Waals surface area contributed by atoms with Crippen molar-refractivity contribution in [1.29, 1.82) is 0 Å². The Morgan fingerprint density at radius 2 is 2.19 bits per heavy atom. The van der Waals surface area contributed by atoms with Gasteiger partial charge in [-0.1, -0.05) is 24.3 Å². The van der Waals surface area contributed by atoms with Crippen LogP contribution in [-0.4, -0.2) is 24.8 Å². The van der Waals surface area contributed by atoms with E-state index in [4.69, 9.17) is 9.47 Å². The highest BCUT2D eigenvalue weighted by atomic mass is 16.6. The van der Waals surface area contributed by atoms with Crippen LogP contribution < -0.4 is 0 Å². The van der Waals surface area contributed by atoms with Crippen molar-refractivity contribution in [3.8, 4) is 0 Å². The summed E-state index contributed by atoms with van der Waals surface area (Å²) in [7, 11) is 0. The Bertz CT molecular complexity index is 487. The van der Waals surface area contributed by atoms with E-state index in [0.717, 1.165) is 16.5 Å². The van der Waals surface area contributed by atoms with Gasteiger partial charge in [-0.05, 0) is 5.39 Å². The topological polar surface area (TPSA) is 31.4 Å². The maximum Gasteiger partial charge on any atom is 0.123 e. The van der Waals surface area contributed by atoms with E-state index in [2.05, 4.69) is 11.1 Å². The van der Waals surface area contributed by atoms with Crippen molar-refractivity contribution in [2.24, 2.45) is 0 Å². The Morgan fingerprint density at radius 1 is 1.25 bits per heavy atom. The maximum atomic E-state index is 5.67. The summed E-state index contributed by atoms with van der Waals surface area (Å²) < 4.78 is 11.1. The second kappa shape index (κ2) is 4.20. The van der Waals surface area contributed by atoms with Gasteiger partial charge in [0.05, 0.1) is 25.5 Å². The first-order valence-electron chi connectivity index (χ1n) is 5.40. The number of pyridine rings is 1. The molecule has 1 aliphatic heterocycles. The van der Waals surface area contributed by atoms with Crippen molar-refractivity contribution in [3.05, 3.63) is 42.2 Å². The van der Waals surface area contributed by atoms with Gasteiger partial charge in [-0.3, -0.25) is 4.98 Å². The van der Waals surface area contributed by atoms with Crippen LogP contribution in [0.5, 0.6) is 0 Å². The van der Waals surface area contributed by atoms with E-state index < -0.39 is 0 Å². The number of benzene rings is 1. The molecule has 1 fully saturated rings. The quantitative estimate of drug-likeness (QED) is 0.728. The maximum absolute atomic E-state index is 5.67. The summed E-state index contributed by atoms with van der Waals surface area (Å²) in [5.41, 5.74) is 0.953. The smallest absolute Gasteiger partial charge is 0.123 e. The fourth-order valence-electron chi connectivity index (χ4n) is 1.98. The summed E-state index contributed by atoms with van der Waals surface area (Å²) in [5, 5.41) is 2.17. The van der Waals surface area contributed by atoms with Gasteiger partial charge < -0.3 is 9.47 Å². The summed E-state index contributed by atoms with van der Waals surface area (Å²) in [6, 6.07) is 11.2. The van der Waals surface area contributed by atoms with Crippen LogP contribution in [0.2, 0.25) is 0 Å². The lowest BCUT2D eigenvalue weighted by Crippen LogP contribution is -2.22. The molecule has 0 saturated carbocycles. The average Bonchev–Trinajstić information content (AvgIpc) is 2.39. The molecule has 1 atom stereocenters. The van der Waals surface area contributed by atoms with Crippen molar-refractivity contribution < 1.29 is 9.47 Å². The first-order valence-corrected chi connectivity index (χ1v) is 5.40. The molecule has 0 amide bonds. The molecule has 0 aliphatic carbocycles. The molecule has 1 aromatic heterocycles. The van der Waals surface area contributed by atoms with Crippen molar-refractivity contribution >= 4 is 10.8 Å². The third-order valence-corrected chi connectivity index (χ3v) is 2.75. The molecule has 1 aromatic carbocycles. The van der Waals surface area contributed by atoms with E-state index in [1.165, 1.54) is 0 Å². The fraction of sp³-hybridized carbons (Fsp3) is 0.308. The molecule has 2 heterocycles. The molecule has 0 bridgehead atoms. The minimum Gasteiger partial charge on any atom is -0.376 e. The minimum atomic E-state index is -0.0479. The standard InChI is InChI=1S/C13H12NO2/c1-2-4-11-10(3-1)5-6-14-13(11)12-9-15-7-8-16-12/h1-4,6,12H,7-9H2. The van der Waals surface area contributed by atoms with E-state index in [1.807, 2.05) is 24.3 Å². The van der Waals surface area contributed by atoms with Gasteiger partial charge in [-0.25, -0.2) is 0 Å². The number of aromatic nitrogens is 1. The predicted molar refractivity (Wildman–Crippen MR) is 60.1 cm³/mol. The van der Waals surface area contributed by atoms with E-state index in [-0.39, 0.29) is 6.10 Å². The molecule has 16 heavy (non-hydrogen) atoms. The minimum absolute atomic E-state index is 0.0479. The Kier molecular flexibility index (Phi) is 2.56. The second-order valence-corrected chi connectivity index (χ2v) is 3.77. The molecule has 0 spiro atoms. The molecule has 1 radical (unpaired) electrons. The normalized spacial score (nSPS) is 21.1.